The SMILES string of the molecule is CCC(C(=O)O)N(C)S(=O)(=O)CCC(=O)OC. The lowest BCUT2D eigenvalue weighted by molar-refractivity contribution is -0.141. The Balaban J connectivity index is 4.70. The quantitative estimate of drug-likeness (QED) is 0.634. The summed E-state index contributed by atoms with van der Waals surface area (Å²) in [6.45, 7) is 1.57. The number of methoxy groups -OCH3 is 1. The Kier molecular flexibility index (Phi) is 6.11. The van der Waals surface area contributed by atoms with Crippen molar-refractivity contribution >= 4 is 22.0 Å². The summed E-state index contributed by atoms with van der Waals surface area (Å²) in [5.74, 6) is -2.32. The predicted molar refractivity (Wildman–Crippen MR) is 59.9 cm³/mol. The van der Waals surface area contributed by atoms with Crippen molar-refractivity contribution in [2.45, 2.75) is 25.8 Å². The number of carbonyl (C=O) groups excluding carboxylic acids is 1. The number of nitrogens with zero attached hydrogens (tertiary/aromatic N) is 1. The summed E-state index contributed by atoms with van der Waals surface area (Å²) in [5.41, 5.74) is 0. The number of carboxylic acid groups (broad SMARTS) is 1. The molecule has 0 bridgehead atoms. The molecular formula is C9H17NO6S. The van der Waals surface area contributed by atoms with Crippen LogP contribution in [0.25, 0.3) is 0 Å². The maximum Gasteiger partial charge on any atom is 0.321 e. The van der Waals surface area contributed by atoms with E-state index < -0.39 is 33.8 Å². The number of ether oxygens (including phenoxy) is 1. The van der Waals surface area contributed by atoms with Gasteiger partial charge in [-0.1, -0.05) is 6.92 Å². The van der Waals surface area contributed by atoms with E-state index in [-0.39, 0.29) is 12.8 Å². The smallest absolute Gasteiger partial charge is 0.321 e. The third-order valence-corrected chi connectivity index (χ3v) is 4.19. The van der Waals surface area contributed by atoms with Gasteiger partial charge >= 0.3 is 11.9 Å². The number of carboxylic acids is 1. The van der Waals surface area contributed by atoms with E-state index in [0.717, 1.165) is 11.4 Å². The molecule has 0 radical (unpaired) electrons. The minimum absolute atomic E-state index is 0.156. The first kappa shape index (κ1) is 15.9. The summed E-state index contributed by atoms with van der Waals surface area (Å²) in [7, 11) is -1.42. The van der Waals surface area contributed by atoms with Crippen molar-refractivity contribution in [3.8, 4) is 0 Å². The summed E-state index contributed by atoms with van der Waals surface area (Å²) in [6, 6.07) is -1.11. The standard InChI is InChI=1S/C9H17NO6S/c1-4-7(9(12)13)10(2)17(14,15)6-5-8(11)16-3/h7H,4-6H2,1-3H3,(H,12,13). The molecule has 0 aromatic carbocycles. The van der Waals surface area contributed by atoms with Crippen molar-refractivity contribution < 1.29 is 27.9 Å². The van der Waals surface area contributed by atoms with Crippen LogP contribution in [0.4, 0.5) is 0 Å². The first-order chi connectivity index (χ1) is 7.76. The zero-order chi connectivity index (χ0) is 13.6. The molecule has 1 unspecified atom stereocenters. The van der Waals surface area contributed by atoms with Crippen LogP contribution in [0, 0.1) is 0 Å². The normalized spacial score (nSPS) is 13.4. The number of hydrogen-bond donors (Lipinski definition) is 1. The Morgan fingerprint density at radius 2 is 1.94 bits per heavy atom. The molecule has 17 heavy (non-hydrogen) atoms. The Labute approximate surface area is 100 Å². The van der Waals surface area contributed by atoms with E-state index in [1.54, 1.807) is 6.92 Å². The van der Waals surface area contributed by atoms with Gasteiger partial charge in [0.1, 0.15) is 6.04 Å². The van der Waals surface area contributed by atoms with Crippen LogP contribution >= 0.6 is 0 Å². The lowest BCUT2D eigenvalue weighted by Crippen LogP contribution is -2.43. The number of esters is 1. The second-order valence-electron chi connectivity index (χ2n) is 3.42. The summed E-state index contributed by atoms with van der Waals surface area (Å²) < 4.78 is 28.5. The molecule has 1 atom stereocenters. The highest BCUT2D eigenvalue weighted by Crippen LogP contribution is 2.10. The van der Waals surface area contributed by atoms with Crippen LogP contribution in [0.2, 0.25) is 0 Å². The fraction of sp³-hybridized carbons (Fsp3) is 0.778. The van der Waals surface area contributed by atoms with Crippen molar-refractivity contribution in [2.24, 2.45) is 0 Å². The van der Waals surface area contributed by atoms with Gasteiger partial charge in [-0.3, -0.25) is 9.59 Å². The monoisotopic (exact) mass is 267 g/mol. The highest BCUT2D eigenvalue weighted by Gasteiger charge is 2.30. The van der Waals surface area contributed by atoms with E-state index in [2.05, 4.69) is 4.74 Å². The minimum atomic E-state index is -3.77. The largest absolute Gasteiger partial charge is 0.480 e. The molecule has 0 saturated carbocycles. The molecule has 0 aromatic heterocycles. The number of sulfonamides is 1. The molecule has 0 heterocycles. The third-order valence-electron chi connectivity index (χ3n) is 2.34. The summed E-state index contributed by atoms with van der Waals surface area (Å²) >= 11 is 0. The second-order valence-corrected chi connectivity index (χ2v) is 5.57. The fourth-order valence-electron chi connectivity index (χ4n) is 1.24. The number of hydrogen-bond acceptors (Lipinski definition) is 5. The molecule has 0 amide bonds. The molecule has 8 heteroatoms. The molecule has 0 aliphatic rings. The van der Waals surface area contributed by atoms with Crippen LogP contribution in [0.1, 0.15) is 19.8 Å². The third kappa shape index (κ3) is 4.70. The first-order valence-electron chi connectivity index (χ1n) is 5.01. The van der Waals surface area contributed by atoms with Crippen LogP contribution in [0.15, 0.2) is 0 Å². The van der Waals surface area contributed by atoms with E-state index >= 15 is 0 Å². The van der Waals surface area contributed by atoms with E-state index in [0.29, 0.717) is 0 Å². The van der Waals surface area contributed by atoms with Crippen molar-refractivity contribution in [2.75, 3.05) is 19.9 Å². The van der Waals surface area contributed by atoms with Crippen LogP contribution < -0.4 is 0 Å². The van der Waals surface area contributed by atoms with Crippen molar-refractivity contribution in [1.29, 1.82) is 0 Å². The van der Waals surface area contributed by atoms with Crippen LogP contribution in [-0.4, -0.2) is 55.7 Å². The number of likely N-dealkylation sites (N-methyl/N-ethyl adjacent to an activating group) is 1. The van der Waals surface area contributed by atoms with Gasteiger partial charge in [0.05, 0.1) is 19.3 Å². The molecule has 0 aromatic rings. The lowest BCUT2D eigenvalue weighted by Gasteiger charge is -2.22. The molecule has 100 valence electrons. The topological polar surface area (TPSA) is 101 Å². The van der Waals surface area contributed by atoms with Gasteiger partial charge in [0.2, 0.25) is 10.0 Å². The van der Waals surface area contributed by atoms with E-state index in [4.69, 9.17) is 5.11 Å². The number of aliphatic carboxylic acids is 1. The van der Waals surface area contributed by atoms with Gasteiger partial charge < -0.3 is 9.84 Å². The van der Waals surface area contributed by atoms with Gasteiger partial charge in [-0.25, -0.2) is 8.42 Å². The number of carbonyl (C=O) groups is 2. The summed E-state index contributed by atoms with van der Waals surface area (Å²) in [4.78, 5) is 21.6. The lowest BCUT2D eigenvalue weighted by atomic mass is 10.2. The van der Waals surface area contributed by atoms with Gasteiger partial charge in [-0.05, 0) is 6.42 Å². The average molecular weight is 267 g/mol. The maximum absolute atomic E-state index is 11.7. The van der Waals surface area contributed by atoms with Crippen LogP contribution in [0.5, 0.6) is 0 Å². The number of rotatable bonds is 7. The summed E-state index contributed by atoms with van der Waals surface area (Å²) in [6.07, 6.45) is -0.136. The molecule has 0 fully saturated rings. The van der Waals surface area contributed by atoms with Gasteiger partial charge in [0.25, 0.3) is 0 Å². The molecular weight excluding hydrogens is 250 g/mol. The van der Waals surface area contributed by atoms with Crippen molar-refractivity contribution in [1.82, 2.24) is 4.31 Å². The van der Waals surface area contributed by atoms with Gasteiger partial charge in [-0.2, -0.15) is 4.31 Å². The average Bonchev–Trinajstić information content (AvgIpc) is 2.26. The fourth-order valence-corrected chi connectivity index (χ4v) is 2.58. The highest BCUT2D eigenvalue weighted by molar-refractivity contribution is 7.89. The molecule has 0 saturated heterocycles. The maximum atomic E-state index is 11.7. The Morgan fingerprint density at radius 1 is 1.41 bits per heavy atom. The van der Waals surface area contributed by atoms with E-state index in [1.165, 1.54) is 7.05 Å². The summed E-state index contributed by atoms with van der Waals surface area (Å²) in [5, 5.41) is 8.83. The molecule has 0 spiro atoms. The van der Waals surface area contributed by atoms with Gasteiger partial charge in [0, 0.05) is 7.05 Å². The Bertz CT molecular complexity index is 377. The molecule has 7 nitrogen and oxygen atoms in total. The molecule has 0 aliphatic heterocycles. The van der Waals surface area contributed by atoms with Gasteiger partial charge in [-0.15, -0.1) is 0 Å². The first-order valence-corrected chi connectivity index (χ1v) is 6.62. The van der Waals surface area contributed by atoms with E-state index in [1.807, 2.05) is 0 Å². The molecule has 1 N–H and O–H groups in total. The molecule has 0 rings (SSSR count). The van der Waals surface area contributed by atoms with Crippen LogP contribution in [0.3, 0.4) is 0 Å². The Hall–Kier alpha value is -1.15. The zero-order valence-corrected chi connectivity index (χ0v) is 10.9. The van der Waals surface area contributed by atoms with Crippen molar-refractivity contribution in [3.05, 3.63) is 0 Å². The Morgan fingerprint density at radius 3 is 2.29 bits per heavy atom. The van der Waals surface area contributed by atoms with Crippen LogP contribution in [-0.2, 0) is 24.3 Å². The second kappa shape index (κ2) is 6.55. The molecule has 0 aliphatic carbocycles. The minimum Gasteiger partial charge on any atom is -0.480 e. The highest BCUT2D eigenvalue weighted by atomic mass is 32.2. The van der Waals surface area contributed by atoms with Crippen molar-refractivity contribution in [3.63, 3.8) is 0 Å². The van der Waals surface area contributed by atoms with Gasteiger partial charge in [0.15, 0.2) is 0 Å². The predicted octanol–water partition coefficient (Wildman–Crippen LogP) is -0.326. The van der Waals surface area contributed by atoms with E-state index in [9.17, 15) is 18.0 Å². The zero-order valence-electron chi connectivity index (χ0n) is 10.0.